The highest BCUT2D eigenvalue weighted by molar-refractivity contribution is 6.29. The maximum absolute atomic E-state index is 13.3. The Labute approximate surface area is 164 Å². The summed E-state index contributed by atoms with van der Waals surface area (Å²) < 4.78 is 5.83. The normalized spacial score (nSPS) is 19.3. The van der Waals surface area contributed by atoms with Gasteiger partial charge in [0.05, 0.1) is 11.1 Å². The Morgan fingerprint density at radius 3 is 2.03 bits per heavy atom. The van der Waals surface area contributed by atoms with Gasteiger partial charge in [-0.05, 0) is 6.92 Å². The van der Waals surface area contributed by atoms with Crippen molar-refractivity contribution in [3.63, 3.8) is 0 Å². The monoisotopic (exact) mass is 386 g/mol. The molecule has 1 aromatic heterocycles. The molecule has 0 radical (unpaired) electrons. The van der Waals surface area contributed by atoms with Crippen molar-refractivity contribution in [3.8, 4) is 11.3 Å². The van der Waals surface area contributed by atoms with Crippen LogP contribution in [0.3, 0.4) is 0 Å². The van der Waals surface area contributed by atoms with Crippen LogP contribution in [0.15, 0.2) is 52.9 Å². The second-order valence-corrected chi connectivity index (χ2v) is 7.33. The van der Waals surface area contributed by atoms with Gasteiger partial charge in [-0.2, -0.15) is 0 Å². The van der Waals surface area contributed by atoms with E-state index in [1.807, 2.05) is 0 Å². The molecule has 6 heteroatoms. The number of Topliss-reactive ketones (excluding diaryl/α,β-unsaturated/α-hetero) is 2. The van der Waals surface area contributed by atoms with E-state index in [4.69, 9.17) is 4.42 Å². The zero-order valence-electron chi connectivity index (χ0n) is 15.3. The molecule has 1 unspecified atom stereocenters. The van der Waals surface area contributed by atoms with E-state index in [0.29, 0.717) is 5.56 Å². The first kappa shape index (κ1) is 17.5. The van der Waals surface area contributed by atoms with E-state index in [0.717, 1.165) is 0 Å². The Bertz CT molecular complexity index is 1280. The fraction of sp³-hybridized carbons (Fsp3) is 0.130. The minimum Gasteiger partial charge on any atom is -0.451 e. The van der Waals surface area contributed by atoms with Crippen molar-refractivity contribution >= 4 is 23.1 Å². The summed E-state index contributed by atoms with van der Waals surface area (Å²) in [4.78, 5) is 51.4. The van der Waals surface area contributed by atoms with E-state index in [2.05, 4.69) is 0 Å². The van der Waals surface area contributed by atoms with Gasteiger partial charge in [-0.25, -0.2) is 0 Å². The van der Waals surface area contributed by atoms with Crippen molar-refractivity contribution in [3.05, 3.63) is 82.1 Å². The van der Waals surface area contributed by atoms with Gasteiger partial charge >= 0.3 is 0 Å². The number of aliphatic hydroxyl groups is 1. The summed E-state index contributed by atoms with van der Waals surface area (Å²) in [5.41, 5.74) is -1.60. The van der Waals surface area contributed by atoms with E-state index >= 15 is 0 Å². The molecule has 0 saturated heterocycles. The molecule has 1 N–H and O–H groups in total. The number of furan rings is 1. The molecule has 0 aliphatic heterocycles. The van der Waals surface area contributed by atoms with E-state index in [-0.39, 0.29) is 39.3 Å². The lowest BCUT2D eigenvalue weighted by Gasteiger charge is -2.31. The zero-order chi connectivity index (χ0) is 20.5. The minimum atomic E-state index is -2.28. The Hall–Kier alpha value is -3.64. The summed E-state index contributed by atoms with van der Waals surface area (Å²) >= 11 is 0. The molecule has 6 nitrogen and oxygen atoms in total. The second kappa shape index (κ2) is 5.68. The minimum absolute atomic E-state index is 0.0726. The molecule has 0 bridgehead atoms. The topological polar surface area (TPSA) is 102 Å². The number of rotatable bonds is 2. The van der Waals surface area contributed by atoms with Crippen LogP contribution < -0.4 is 0 Å². The highest BCUT2D eigenvalue weighted by atomic mass is 16.4. The second-order valence-electron chi connectivity index (χ2n) is 7.33. The third-order valence-electron chi connectivity index (χ3n) is 5.47. The molecule has 0 amide bonds. The first-order valence-corrected chi connectivity index (χ1v) is 9.06. The van der Waals surface area contributed by atoms with Crippen LogP contribution in [0.25, 0.3) is 11.3 Å². The van der Waals surface area contributed by atoms with E-state index in [9.17, 15) is 24.3 Å². The van der Waals surface area contributed by atoms with E-state index < -0.39 is 35.2 Å². The van der Waals surface area contributed by atoms with Crippen molar-refractivity contribution in [1.82, 2.24) is 0 Å². The Morgan fingerprint density at radius 2 is 1.41 bits per heavy atom. The number of carbonyl (C=O) groups is 4. The largest absolute Gasteiger partial charge is 0.451 e. The van der Waals surface area contributed by atoms with Crippen LogP contribution in [0.5, 0.6) is 0 Å². The lowest BCUT2D eigenvalue weighted by Crippen LogP contribution is -2.42. The number of carbonyl (C=O) groups excluding carboxylic acids is 4. The predicted octanol–water partition coefficient (Wildman–Crippen LogP) is 3.09. The van der Waals surface area contributed by atoms with Gasteiger partial charge < -0.3 is 9.52 Å². The highest BCUT2D eigenvalue weighted by Gasteiger charge is 2.52. The van der Waals surface area contributed by atoms with Gasteiger partial charge in [-0.1, -0.05) is 48.5 Å². The van der Waals surface area contributed by atoms with Crippen LogP contribution in [-0.2, 0) is 10.4 Å². The predicted molar refractivity (Wildman–Crippen MR) is 101 cm³/mol. The molecule has 1 heterocycles. The molecule has 3 aromatic rings. The van der Waals surface area contributed by atoms with Crippen LogP contribution in [0.4, 0.5) is 0 Å². The summed E-state index contributed by atoms with van der Waals surface area (Å²) in [7, 11) is 0. The summed E-state index contributed by atoms with van der Waals surface area (Å²) in [6, 6.07) is 12.8. The first-order valence-electron chi connectivity index (χ1n) is 9.06. The Kier molecular flexibility index (Phi) is 3.42. The maximum atomic E-state index is 13.3. The molecule has 2 aliphatic carbocycles. The summed E-state index contributed by atoms with van der Waals surface area (Å²) in [5, 5.41) is 11.4. The highest BCUT2D eigenvalue weighted by Crippen LogP contribution is 2.49. The van der Waals surface area contributed by atoms with Gasteiger partial charge in [-0.3, -0.25) is 19.2 Å². The van der Waals surface area contributed by atoms with Crippen LogP contribution in [-0.4, -0.2) is 28.2 Å². The summed E-state index contributed by atoms with van der Waals surface area (Å²) in [6.45, 7) is 1.25. The van der Waals surface area contributed by atoms with Crippen molar-refractivity contribution < 1.29 is 28.7 Å². The van der Waals surface area contributed by atoms with Crippen molar-refractivity contribution in [2.75, 3.05) is 0 Å². The van der Waals surface area contributed by atoms with Gasteiger partial charge in [0.15, 0.2) is 22.9 Å². The standard InChI is InChI=1S/C23H14O6/c1-11(24)10-23(28)17-16-18(25)12-6-2-3-7-13(12)19(26)21(16)29-20(17)14-8-4-5-9-15(14)22(23)27/h2-9,28H,10H2,1H3. The average Bonchev–Trinajstić information content (AvgIpc) is 3.12. The zero-order valence-corrected chi connectivity index (χ0v) is 15.3. The van der Waals surface area contributed by atoms with Crippen molar-refractivity contribution in [2.45, 2.75) is 18.9 Å². The SMILES string of the molecule is CC(=O)CC1(O)C(=O)c2ccccc2-c2oc3c(c21)C(=O)c1ccccc1C3=O. The number of hydrogen-bond acceptors (Lipinski definition) is 6. The summed E-state index contributed by atoms with van der Waals surface area (Å²) in [5.74, 6) is -2.29. The number of hydrogen-bond donors (Lipinski definition) is 1. The fourth-order valence-electron chi connectivity index (χ4n) is 4.27. The van der Waals surface area contributed by atoms with E-state index in [1.165, 1.54) is 25.1 Å². The number of fused-ring (bicyclic) bond motifs is 6. The molecule has 1 atom stereocenters. The average molecular weight is 386 g/mol. The van der Waals surface area contributed by atoms with Crippen molar-refractivity contribution in [1.29, 1.82) is 0 Å². The fourth-order valence-corrected chi connectivity index (χ4v) is 4.27. The quantitative estimate of drug-likeness (QED) is 0.568. The van der Waals surface area contributed by atoms with Crippen LogP contribution >= 0.6 is 0 Å². The van der Waals surface area contributed by atoms with Gasteiger partial charge in [0, 0.05) is 28.7 Å². The molecule has 2 aliphatic rings. The summed E-state index contributed by atoms with van der Waals surface area (Å²) in [6.07, 6.45) is -0.526. The Morgan fingerprint density at radius 1 is 0.862 bits per heavy atom. The van der Waals surface area contributed by atoms with Gasteiger partial charge in [0.2, 0.25) is 5.78 Å². The number of benzene rings is 2. The van der Waals surface area contributed by atoms with Crippen LogP contribution in [0.2, 0.25) is 0 Å². The van der Waals surface area contributed by atoms with Gasteiger partial charge in [0.1, 0.15) is 11.5 Å². The molecule has 29 heavy (non-hydrogen) atoms. The maximum Gasteiger partial charge on any atom is 0.229 e. The van der Waals surface area contributed by atoms with E-state index in [1.54, 1.807) is 30.3 Å². The molecular formula is C23H14O6. The molecule has 0 saturated carbocycles. The molecule has 5 rings (SSSR count). The number of ketones is 4. The lowest BCUT2D eigenvalue weighted by molar-refractivity contribution is -0.120. The lowest BCUT2D eigenvalue weighted by atomic mass is 9.72. The first-order chi connectivity index (χ1) is 13.8. The van der Waals surface area contributed by atoms with Gasteiger partial charge in [0.25, 0.3) is 0 Å². The third-order valence-corrected chi connectivity index (χ3v) is 5.47. The smallest absolute Gasteiger partial charge is 0.229 e. The molecule has 142 valence electrons. The van der Waals surface area contributed by atoms with Crippen LogP contribution in [0.1, 0.15) is 61.3 Å². The van der Waals surface area contributed by atoms with Gasteiger partial charge in [-0.15, -0.1) is 0 Å². The molecule has 0 spiro atoms. The third kappa shape index (κ3) is 2.14. The molecular weight excluding hydrogens is 372 g/mol. The molecule has 0 fully saturated rings. The van der Waals surface area contributed by atoms with Crippen LogP contribution in [0, 0.1) is 0 Å². The molecule has 2 aromatic carbocycles. The Balaban J connectivity index is 1.89. The van der Waals surface area contributed by atoms with Crippen molar-refractivity contribution in [2.24, 2.45) is 0 Å².